The summed E-state index contributed by atoms with van der Waals surface area (Å²) in [6.07, 6.45) is -0.523. The van der Waals surface area contributed by atoms with Gasteiger partial charge in [-0.15, -0.1) is 0 Å². The zero-order chi connectivity index (χ0) is 12.8. The maximum atomic E-state index is 12.8. The lowest BCUT2D eigenvalue weighted by Gasteiger charge is -2.12. The van der Waals surface area contributed by atoms with E-state index in [0.717, 1.165) is 0 Å². The number of carbonyl (C=O) groups is 2. The molecule has 92 valence electrons. The fraction of sp³-hybridized carbons (Fsp3) is 0.273. The van der Waals surface area contributed by atoms with E-state index in [1.807, 2.05) is 0 Å². The molecule has 0 saturated carbocycles. The molecule has 3 N–H and O–H groups in total. The van der Waals surface area contributed by atoms with Crippen LogP contribution >= 0.6 is 0 Å². The van der Waals surface area contributed by atoms with Crippen LogP contribution in [0.4, 0.5) is 4.39 Å². The molecule has 1 aromatic rings. The Balaban J connectivity index is 2.57. The van der Waals surface area contributed by atoms with Crippen LogP contribution in [0.2, 0.25) is 0 Å². The zero-order valence-corrected chi connectivity index (χ0v) is 8.89. The maximum Gasteiger partial charge on any atom is 0.321 e. The van der Waals surface area contributed by atoms with Crippen molar-refractivity contribution in [3.63, 3.8) is 0 Å². The summed E-state index contributed by atoms with van der Waals surface area (Å²) in [5.74, 6) is -2.87. The highest BCUT2D eigenvalue weighted by molar-refractivity contribution is 5.80. The van der Waals surface area contributed by atoms with E-state index in [0.29, 0.717) is 5.56 Å². The van der Waals surface area contributed by atoms with E-state index in [4.69, 9.17) is 10.2 Å². The fourth-order valence-corrected chi connectivity index (χ4v) is 1.31. The molecule has 17 heavy (non-hydrogen) atoms. The number of benzene rings is 1. The first kappa shape index (κ1) is 13.1. The molecule has 0 aliphatic rings. The molecule has 5 nitrogen and oxygen atoms in total. The standard InChI is InChI=1S/C11H12FNO4/c12-8-3-1-2-7(4-8)6-13-9(11(16)17)5-10(14)15/h1-4,9,13H,5-6H2,(H,14,15)(H,16,17). The Hall–Kier alpha value is -1.95. The third kappa shape index (κ3) is 4.60. The summed E-state index contributed by atoms with van der Waals surface area (Å²) in [7, 11) is 0. The van der Waals surface area contributed by atoms with Crippen LogP contribution in [0.1, 0.15) is 12.0 Å². The van der Waals surface area contributed by atoms with Crippen molar-refractivity contribution in [3.8, 4) is 0 Å². The lowest BCUT2D eigenvalue weighted by Crippen LogP contribution is -2.38. The summed E-state index contributed by atoms with van der Waals surface area (Å²) in [6, 6.07) is 4.47. The number of halogens is 1. The Labute approximate surface area is 96.9 Å². The van der Waals surface area contributed by atoms with Crippen molar-refractivity contribution in [2.24, 2.45) is 0 Å². The van der Waals surface area contributed by atoms with Gasteiger partial charge < -0.3 is 10.2 Å². The molecule has 0 heterocycles. The lowest BCUT2D eigenvalue weighted by molar-refractivity contribution is -0.146. The van der Waals surface area contributed by atoms with Crippen molar-refractivity contribution in [2.75, 3.05) is 0 Å². The van der Waals surface area contributed by atoms with Crippen LogP contribution in [0.5, 0.6) is 0 Å². The number of hydrogen-bond acceptors (Lipinski definition) is 3. The highest BCUT2D eigenvalue weighted by atomic mass is 19.1. The van der Waals surface area contributed by atoms with Crippen LogP contribution in [0.25, 0.3) is 0 Å². The van der Waals surface area contributed by atoms with Crippen LogP contribution in [-0.2, 0) is 16.1 Å². The van der Waals surface area contributed by atoms with Crippen molar-refractivity contribution in [1.29, 1.82) is 0 Å². The molecule has 0 saturated heterocycles. The van der Waals surface area contributed by atoms with Gasteiger partial charge in [-0.05, 0) is 17.7 Å². The molecule has 0 bridgehead atoms. The summed E-state index contributed by atoms with van der Waals surface area (Å²) < 4.78 is 12.8. The summed E-state index contributed by atoms with van der Waals surface area (Å²) in [6.45, 7) is 0.0992. The molecule has 0 aliphatic heterocycles. The Kier molecular flexibility index (Phi) is 4.59. The summed E-state index contributed by atoms with van der Waals surface area (Å²) in [5.41, 5.74) is 0.557. The van der Waals surface area contributed by atoms with Crippen molar-refractivity contribution < 1.29 is 24.2 Å². The zero-order valence-electron chi connectivity index (χ0n) is 8.89. The minimum absolute atomic E-state index is 0.0992. The second kappa shape index (κ2) is 5.95. The number of carboxylic acids is 2. The molecule has 0 radical (unpaired) electrons. The number of aliphatic carboxylic acids is 2. The number of carboxylic acid groups (broad SMARTS) is 2. The molecule has 1 atom stereocenters. The van der Waals surface area contributed by atoms with Crippen molar-refractivity contribution in [2.45, 2.75) is 19.0 Å². The molecule has 6 heteroatoms. The Morgan fingerprint density at radius 3 is 2.59 bits per heavy atom. The largest absolute Gasteiger partial charge is 0.481 e. The normalized spacial score (nSPS) is 12.1. The first-order valence-corrected chi connectivity index (χ1v) is 4.91. The molecule has 1 unspecified atom stereocenters. The highest BCUT2D eigenvalue weighted by Crippen LogP contribution is 2.04. The number of rotatable bonds is 6. The molecular weight excluding hydrogens is 229 g/mol. The van der Waals surface area contributed by atoms with Gasteiger partial charge in [0.1, 0.15) is 11.9 Å². The average molecular weight is 241 g/mol. The van der Waals surface area contributed by atoms with E-state index in [-0.39, 0.29) is 6.54 Å². The van der Waals surface area contributed by atoms with E-state index >= 15 is 0 Å². The van der Waals surface area contributed by atoms with Gasteiger partial charge in [-0.2, -0.15) is 0 Å². The molecule has 1 rings (SSSR count). The molecule has 0 amide bonds. The molecule has 0 aliphatic carbocycles. The van der Waals surface area contributed by atoms with Crippen LogP contribution in [0.15, 0.2) is 24.3 Å². The minimum Gasteiger partial charge on any atom is -0.481 e. The second-order valence-corrected chi connectivity index (χ2v) is 3.50. The topological polar surface area (TPSA) is 86.6 Å². The van der Waals surface area contributed by atoms with Crippen molar-refractivity contribution in [3.05, 3.63) is 35.6 Å². The predicted molar refractivity (Wildman–Crippen MR) is 56.9 cm³/mol. The van der Waals surface area contributed by atoms with Crippen LogP contribution in [0, 0.1) is 5.82 Å². The molecule has 0 aromatic heterocycles. The quantitative estimate of drug-likeness (QED) is 0.687. The van der Waals surface area contributed by atoms with Crippen LogP contribution in [-0.4, -0.2) is 28.2 Å². The van der Waals surface area contributed by atoms with Crippen molar-refractivity contribution >= 4 is 11.9 Å². The van der Waals surface area contributed by atoms with Gasteiger partial charge in [0.25, 0.3) is 0 Å². The maximum absolute atomic E-state index is 12.8. The van der Waals surface area contributed by atoms with Crippen LogP contribution < -0.4 is 5.32 Å². The number of hydrogen-bond donors (Lipinski definition) is 3. The second-order valence-electron chi connectivity index (χ2n) is 3.50. The minimum atomic E-state index is -1.25. The van der Waals surface area contributed by atoms with Crippen LogP contribution in [0.3, 0.4) is 0 Å². The third-order valence-electron chi connectivity index (χ3n) is 2.12. The highest BCUT2D eigenvalue weighted by Gasteiger charge is 2.19. The monoisotopic (exact) mass is 241 g/mol. The molecule has 1 aromatic carbocycles. The van der Waals surface area contributed by atoms with E-state index in [1.165, 1.54) is 18.2 Å². The number of nitrogens with one attached hydrogen (secondary N) is 1. The summed E-state index contributed by atoms with van der Waals surface area (Å²) in [5, 5.41) is 19.8. The molecule has 0 spiro atoms. The molecule has 0 fully saturated rings. The van der Waals surface area contributed by atoms with E-state index in [9.17, 15) is 14.0 Å². The summed E-state index contributed by atoms with van der Waals surface area (Å²) >= 11 is 0. The van der Waals surface area contributed by atoms with E-state index < -0.39 is 30.2 Å². The first-order chi connectivity index (χ1) is 7.99. The lowest BCUT2D eigenvalue weighted by atomic mass is 10.1. The van der Waals surface area contributed by atoms with Gasteiger partial charge in [0.05, 0.1) is 6.42 Å². The van der Waals surface area contributed by atoms with Gasteiger partial charge in [0.15, 0.2) is 0 Å². The van der Waals surface area contributed by atoms with Gasteiger partial charge in [-0.3, -0.25) is 14.9 Å². The Morgan fingerprint density at radius 2 is 2.06 bits per heavy atom. The fourth-order valence-electron chi connectivity index (χ4n) is 1.31. The SMILES string of the molecule is O=C(O)CC(NCc1cccc(F)c1)C(=O)O. The van der Waals surface area contributed by atoms with Gasteiger partial charge >= 0.3 is 11.9 Å². The van der Waals surface area contributed by atoms with E-state index in [2.05, 4.69) is 5.32 Å². The Bertz CT molecular complexity index is 422. The van der Waals surface area contributed by atoms with E-state index in [1.54, 1.807) is 6.07 Å². The van der Waals surface area contributed by atoms with Gasteiger partial charge in [0.2, 0.25) is 0 Å². The Morgan fingerprint density at radius 1 is 1.35 bits per heavy atom. The first-order valence-electron chi connectivity index (χ1n) is 4.91. The predicted octanol–water partition coefficient (Wildman–Crippen LogP) is 0.843. The van der Waals surface area contributed by atoms with Gasteiger partial charge in [-0.25, -0.2) is 4.39 Å². The molecular formula is C11H12FNO4. The van der Waals surface area contributed by atoms with Crippen molar-refractivity contribution in [1.82, 2.24) is 5.32 Å². The van der Waals surface area contributed by atoms with Gasteiger partial charge in [0, 0.05) is 6.54 Å². The average Bonchev–Trinajstić information content (AvgIpc) is 2.23. The van der Waals surface area contributed by atoms with Gasteiger partial charge in [-0.1, -0.05) is 12.1 Å². The summed E-state index contributed by atoms with van der Waals surface area (Å²) in [4.78, 5) is 21.1. The third-order valence-corrected chi connectivity index (χ3v) is 2.12. The smallest absolute Gasteiger partial charge is 0.321 e.